The molecule has 0 saturated heterocycles. The van der Waals surface area contributed by atoms with Crippen LogP contribution < -0.4 is 0 Å². The van der Waals surface area contributed by atoms with E-state index in [1.807, 2.05) is 12.2 Å². The van der Waals surface area contributed by atoms with Gasteiger partial charge in [0.15, 0.2) is 6.10 Å². The van der Waals surface area contributed by atoms with E-state index in [0.717, 1.165) is 109 Å². The van der Waals surface area contributed by atoms with Crippen LogP contribution in [0.4, 0.5) is 0 Å². The molecule has 0 aromatic heterocycles. The normalized spacial score (nSPS) is 13.3. The van der Waals surface area contributed by atoms with Gasteiger partial charge < -0.3 is 14.2 Å². The van der Waals surface area contributed by atoms with Gasteiger partial charge in [-0.05, 0) is 135 Å². The van der Waals surface area contributed by atoms with Gasteiger partial charge in [0.25, 0.3) is 0 Å². The van der Waals surface area contributed by atoms with E-state index in [1.165, 1.54) is 51.4 Å². The lowest BCUT2D eigenvalue weighted by Crippen LogP contribution is -2.30. The molecule has 0 spiro atoms. The third kappa shape index (κ3) is 54.1. The zero-order chi connectivity index (χ0) is 50.0. The van der Waals surface area contributed by atoms with Crippen molar-refractivity contribution in [1.82, 2.24) is 0 Å². The first-order valence-corrected chi connectivity index (χ1v) is 27.3. The zero-order valence-corrected chi connectivity index (χ0v) is 44.0. The Morgan fingerprint density at radius 3 is 0.986 bits per heavy atom. The van der Waals surface area contributed by atoms with Gasteiger partial charge in [-0.3, -0.25) is 14.4 Å². The van der Waals surface area contributed by atoms with Crippen molar-refractivity contribution < 1.29 is 28.6 Å². The number of carbonyl (C=O) groups excluding carboxylic acids is 3. The van der Waals surface area contributed by atoms with Crippen LogP contribution in [0.5, 0.6) is 0 Å². The highest BCUT2D eigenvalue weighted by Gasteiger charge is 2.19. The lowest BCUT2D eigenvalue weighted by molar-refractivity contribution is -0.166. The lowest BCUT2D eigenvalue weighted by atomic mass is 10.1. The van der Waals surface area contributed by atoms with Crippen LogP contribution in [0.25, 0.3) is 0 Å². The smallest absolute Gasteiger partial charge is 0.306 e. The Hall–Kier alpha value is -4.71. The van der Waals surface area contributed by atoms with Gasteiger partial charge in [-0.15, -0.1) is 0 Å². The Morgan fingerprint density at radius 2 is 0.594 bits per heavy atom. The van der Waals surface area contributed by atoms with Crippen molar-refractivity contribution in [3.8, 4) is 0 Å². The van der Waals surface area contributed by atoms with E-state index in [-0.39, 0.29) is 44.0 Å². The van der Waals surface area contributed by atoms with Crippen LogP contribution in [-0.4, -0.2) is 37.2 Å². The van der Waals surface area contributed by atoms with Crippen molar-refractivity contribution in [2.24, 2.45) is 0 Å². The van der Waals surface area contributed by atoms with Gasteiger partial charge in [0.05, 0.1) is 0 Å². The molecule has 0 aliphatic heterocycles. The SMILES string of the molecule is CC/C=C\C/C=C\C/C=C\C/C=C\C/C=C\C/C=C\CCC(=O)OC[C@H](COC(=O)CCCCCC/C=C\C/C=C\C/C=C\CCCCC)OC(=O)CCCC/C=C\C/C=C\C/C=C\CCCCC. The predicted molar refractivity (Wildman–Crippen MR) is 297 cm³/mol. The van der Waals surface area contributed by atoms with Crippen LogP contribution >= 0.6 is 0 Å². The second kappa shape index (κ2) is 55.9. The number of carbonyl (C=O) groups is 3. The minimum absolute atomic E-state index is 0.135. The molecule has 0 aliphatic carbocycles. The van der Waals surface area contributed by atoms with E-state index in [1.54, 1.807) is 0 Å². The topological polar surface area (TPSA) is 78.9 Å². The quantitative estimate of drug-likeness (QED) is 0.0262. The summed E-state index contributed by atoms with van der Waals surface area (Å²) in [5.74, 6) is -1.09. The number of hydrogen-bond acceptors (Lipinski definition) is 6. The monoisotopic (exact) mass is 951 g/mol. The standard InChI is InChI=1S/C63H98O6/c1-4-7-10-13-16-19-22-25-28-30-31-33-36-38-41-44-47-50-53-56-62(65)68-59-60(69-63(66)57-54-51-48-45-42-39-34-27-24-21-18-15-12-9-6-3)58-67-61(64)55-52-49-46-43-40-37-35-32-29-26-23-20-17-14-11-8-5-2/h7,10,16-21,25-29,31,33-35,37-38,41-42,45,47,50,60H,4-6,8-9,11-15,22-24,30,32,36,39-40,43-44,46,48-49,51-59H2,1-3H3/b10-7-,19-16-,20-17-,21-18-,28-25-,29-26-,33-31-,34-27-,37-35-,41-38-,45-42-,50-47-/t60-/m0/s1. The van der Waals surface area contributed by atoms with Gasteiger partial charge in [-0.2, -0.15) is 0 Å². The number of unbranched alkanes of at least 4 members (excludes halogenated alkanes) is 12. The summed E-state index contributed by atoms with van der Waals surface area (Å²) >= 11 is 0. The summed E-state index contributed by atoms with van der Waals surface area (Å²) in [5, 5.41) is 0. The fourth-order valence-corrected chi connectivity index (χ4v) is 6.71. The van der Waals surface area contributed by atoms with Crippen LogP contribution in [-0.2, 0) is 28.6 Å². The summed E-state index contributed by atoms with van der Waals surface area (Å²) in [6.07, 6.45) is 79.8. The molecular formula is C63H98O6. The molecule has 69 heavy (non-hydrogen) atoms. The molecule has 0 unspecified atom stereocenters. The fourth-order valence-electron chi connectivity index (χ4n) is 6.71. The molecule has 0 fully saturated rings. The molecule has 0 aliphatic rings. The summed E-state index contributed by atoms with van der Waals surface area (Å²) in [7, 11) is 0. The Bertz CT molecular complexity index is 1560. The van der Waals surface area contributed by atoms with E-state index in [2.05, 4.69) is 154 Å². The molecule has 0 amide bonds. The van der Waals surface area contributed by atoms with E-state index in [4.69, 9.17) is 14.2 Å². The third-order valence-corrected chi connectivity index (χ3v) is 10.8. The van der Waals surface area contributed by atoms with Gasteiger partial charge in [0, 0.05) is 19.3 Å². The van der Waals surface area contributed by atoms with Crippen LogP contribution in [0.2, 0.25) is 0 Å². The van der Waals surface area contributed by atoms with Crippen LogP contribution in [0, 0.1) is 0 Å². The average molecular weight is 951 g/mol. The number of esters is 3. The maximum Gasteiger partial charge on any atom is 0.306 e. The van der Waals surface area contributed by atoms with Crippen molar-refractivity contribution in [1.29, 1.82) is 0 Å². The number of ether oxygens (including phenoxy) is 3. The summed E-state index contributed by atoms with van der Waals surface area (Å²) in [6, 6.07) is 0. The molecule has 0 saturated carbocycles. The maximum absolute atomic E-state index is 12.8. The van der Waals surface area contributed by atoms with Crippen molar-refractivity contribution in [3.05, 3.63) is 146 Å². The Kier molecular flexibility index (Phi) is 52.1. The first-order chi connectivity index (χ1) is 34.0. The van der Waals surface area contributed by atoms with Crippen molar-refractivity contribution in [2.75, 3.05) is 13.2 Å². The van der Waals surface area contributed by atoms with Gasteiger partial charge in [0.1, 0.15) is 13.2 Å². The summed E-state index contributed by atoms with van der Waals surface area (Å²) in [6.45, 7) is 6.33. The highest BCUT2D eigenvalue weighted by atomic mass is 16.6. The molecule has 386 valence electrons. The molecule has 0 aromatic rings. The fraction of sp³-hybridized carbons (Fsp3) is 0.571. The highest BCUT2D eigenvalue weighted by molar-refractivity contribution is 5.71. The van der Waals surface area contributed by atoms with Gasteiger partial charge in [-0.1, -0.05) is 205 Å². The minimum Gasteiger partial charge on any atom is -0.462 e. The largest absolute Gasteiger partial charge is 0.462 e. The summed E-state index contributed by atoms with van der Waals surface area (Å²) in [5.41, 5.74) is 0. The lowest BCUT2D eigenvalue weighted by Gasteiger charge is -2.18. The zero-order valence-electron chi connectivity index (χ0n) is 44.0. The molecular weight excluding hydrogens is 853 g/mol. The third-order valence-electron chi connectivity index (χ3n) is 10.8. The Labute approximate surface area is 423 Å². The Morgan fingerprint density at radius 1 is 0.304 bits per heavy atom. The first kappa shape index (κ1) is 64.3. The predicted octanol–water partition coefficient (Wildman–Crippen LogP) is 18.4. The molecule has 0 radical (unpaired) electrons. The van der Waals surface area contributed by atoms with Crippen LogP contribution in [0.1, 0.15) is 213 Å². The van der Waals surface area contributed by atoms with E-state index in [9.17, 15) is 14.4 Å². The molecule has 0 heterocycles. The van der Waals surface area contributed by atoms with Crippen molar-refractivity contribution in [2.45, 2.75) is 219 Å². The van der Waals surface area contributed by atoms with Gasteiger partial charge in [-0.25, -0.2) is 0 Å². The van der Waals surface area contributed by atoms with Gasteiger partial charge >= 0.3 is 17.9 Å². The van der Waals surface area contributed by atoms with Crippen molar-refractivity contribution in [3.63, 3.8) is 0 Å². The van der Waals surface area contributed by atoms with Crippen molar-refractivity contribution >= 4 is 17.9 Å². The van der Waals surface area contributed by atoms with E-state index >= 15 is 0 Å². The molecule has 1 atom stereocenters. The molecule has 0 N–H and O–H groups in total. The molecule has 0 bridgehead atoms. The van der Waals surface area contributed by atoms with E-state index < -0.39 is 6.10 Å². The number of hydrogen-bond donors (Lipinski definition) is 0. The average Bonchev–Trinajstić information content (AvgIpc) is 3.35. The highest BCUT2D eigenvalue weighted by Crippen LogP contribution is 2.11. The van der Waals surface area contributed by atoms with Crippen LogP contribution in [0.3, 0.4) is 0 Å². The number of allylic oxidation sites excluding steroid dienone is 24. The second-order valence-corrected chi connectivity index (χ2v) is 17.4. The van der Waals surface area contributed by atoms with Crippen LogP contribution in [0.15, 0.2) is 146 Å². The minimum atomic E-state index is -0.845. The molecule has 0 aromatic carbocycles. The number of rotatable bonds is 47. The molecule has 0 rings (SSSR count). The summed E-state index contributed by atoms with van der Waals surface area (Å²) in [4.78, 5) is 38.1. The first-order valence-electron chi connectivity index (χ1n) is 27.3. The molecule has 6 heteroatoms. The maximum atomic E-state index is 12.8. The Balaban J connectivity index is 4.63. The second-order valence-electron chi connectivity index (χ2n) is 17.4. The molecule has 6 nitrogen and oxygen atoms in total. The van der Waals surface area contributed by atoms with Gasteiger partial charge in [0.2, 0.25) is 0 Å². The summed E-state index contributed by atoms with van der Waals surface area (Å²) < 4.78 is 16.7. The van der Waals surface area contributed by atoms with E-state index in [0.29, 0.717) is 19.3 Å².